The van der Waals surface area contributed by atoms with Gasteiger partial charge in [0, 0.05) is 35.3 Å². The molecule has 2 heterocycles. The van der Waals surface area contributed by atoms with Gasteiger partial charge < -0.3 is 26.0 Å². The van der Waals surface area contributed by atoms with Crippen LogP contribution < -0.4 is 16.4 Å². The third kappa shape index (κ3) is 7.10. The summed E-state index contributed by atoms with van der Waals surface area (Å²) in [5.41, 5.74) is 13.5. The van der Waals surface area contributed by atoms with Crippen LogP contribution in [0.25, 0.3) is 10.4 Å². The predicted molar refractivity (Wildman–Crippen MR) is 130 cm³/mol. The molecule has 0 radical (unpaired) electrons. The quantitative estimate of drug-likeness (QED) is 0.274. The first kappa shape index (κ1) is 27.3. The van der Waals surface area contributed by atoms with Crippen LogP contribution in [-0.2, 0) is 19.1 Å². The van der Waals surface area contributed by atoms with Crippen molar-refractivity contribution in [2.75, 3.05) is 19.6 Å². The fourth-order valence-corrected chi connectivity index (χ4v) is 4.20. The lowest BCUT2D eigenvalue weighted by Crippen LogP contribution is -2.51. The topological polar surface area (TPSA) is 200 Å². The molecule has 5 amide bonds. The molecule has 2 saturated heterocycles. The van der Waals surface area contributed by atoms with Crippen molar-refractivity contribution in [1.29, 1.82) is 0 Å². The normalized spacial score (nSPS) is 21.3. The number of likely N-dealkylation sites (tertiary alicyclic amines) is 2. The van der Waals surface area contributed by atoms with E-state index in [0.717, 1.165) is 0 Å². The molecule has 0 aliphatic carbocycles. The Kier molecular flexibility index (Phi) is 8.23. The number of hydrogen-bond acceptors (Lipinski definition) is 7. The largest absolute Gasteiger partial charge is 0.444 e. The summed E-state index contributed by atoms with van der Waals surface area (Å²) in [7, 11) is 0. The summed E-state index contributed by atoms with van der Waals surface area (Å²) >= 11 is 0. The minimum Gasteiger partial charge on any atom is -0.444 e. The van der Waals surface area contributed by atoms with Gasteiger partial charge >= 0.3 is 6.09 Å². The van der Waals surface area contributed by atoms with Crippen molar-refractivity contribution in [3.8, 4) is 0 Å². The van der Waals surface area contributed by atoms with Gasteiger partial charge in [0.05, 0.1) is 6.54 Å². The molecule has 1 aromatic rings. The molecule has 4 N–H and O–H groups in total. The molecule has 0 unspecified atom stereocenters. The van der Waals surface area contributed by atoms with Gasteiger partial charge in [-0.25, -0.2) is 4.79 Å². The van der Waals surface area contributed by atoms with Crippen LogP contribution >= 0.6 is 0 Å². The molecular weight excluding hydrogens is 484 g/mol. The van der Waals surface area contributed by atoms with E-state index in [4.69, 9.17) is 16.0 Å². The van der Waals surface area contributed by atoms with Gasteiger partial charge in [0.15, 0.2) is 0 Å². The summed E-state index contributed by atoms with van der Waals surface area (Å²) in [6.07, 6.45) is -0.334. The minimum atomic E-state index is -0.995. The van der Waals surface area contributed by atoms with E-state index < -0.39 is 53.4 Å². The van der Waals surface area contributed by atoms with E-state index in [1.165, 1.54) is 34.1 Å². The van der Waals surface area contributed by atoms with Crippen molar-refractivity contribution in [2.45, 2.75) is 57.3 Å². The van der Waals surface area contributed by atoms with E-state index in [-0.39, 0.29) is 26.1 Å². The number of rotatable bonds is 7. The van der Waals surface area contributed by atoms with Gasteiger partial charge in [0.1, 0.15) is 17.7 Å². The highest BCUT2D eigenvalue weighted by Crippen LogP contribution is 2.23. The summed E-state index contributed by atoms with van der Waals surface area (Å²) in [5.74, 6) is -2.09. The molecule has 0 aromatic heterocycles. The molecule has 2 fully saturated rings. The number of nitrogens with one attached hydrogen (secondary N) is 2. The van der Waals surface area contributed by atoms with E-state index in [2.05, 4.69) is 20.7 Å². The number of ether oxygens (including phenoxy) is 1. The zero-order valence-electron chi connectivity index (χ0n) is 20.8. The molecule has 3 rings (SSSR count). The average Bonchev–Trinajstić information content (AvgIpc) is 3.37. The Bertz CT molecular complexity index is 1130. The van der Waals surface area contributed by atoms with Crippen LogP contribution in [0.2, 0.25) is 0 Å². The maximum Gasteiger partial charge on any atom is 0.411 e. The van der Waals surface area contributed by atoms with E-state index in [1.807, 2.05) is 0 Å². The van der Waals surface area contributed by atoms with E-state index in [9.17, 15) is 24.0 Å². The Balaban J connectivity index is 1.71. The molecule has 14 heteroatoms. The van der Waals surface area contributed by atoms with Gasteiger partial charge in [-0.15, -0.1) is 0 Å². The third-order valence-electron chi connectivity index (χ3n) is 5.82. The van der Waals surface area contributed by atoms with Gasteiger partial charge in [-0.2, -0.15) is 0 Å². The van der Waals surface area contributed by atoms with E-state index >= 15 is 0 Å². The van der Waals surface area contributed by atoms with E-state index in [0.29, 0.717) is 17.7 Å². The maximum absolute atomic E-state index is 13.2. The van der Waals surface area contributed by atoms with Gasteiger partial charge in [-0.1, -0.05) is 17.2 Å². The number of amides is 5. The van der Waals surface area contributed by atoms with Crippen molar-refractivity contribution in [1.82, 2.24) is 20.4 Å². The number of primary amides is 1. The Hall–Kier alpha value is -4.32. The molecule has 0 spiro atoms. The molecule has 37 heavy (non-hydrogen) atoms. The number of hydrogen-bond donors (Lipinski definition) is 3. The number of carbonyl (C=O) groups is 5. The summed E-state index contributed by atoms with van der Waals surface area (Å²) in [4.78, 5) is 67.7. The van der Waals surface area contributed by atoms with Crippen molar-refractivity contribution in [3.05, 3.63) is 40.3 Å². The Morgan fingerprint density at radius 2 is 1.86 bits per heavy atom. The summed E-state index contributed by atoms with van der Waals surface area (Å²) < 4.78 is 5.46. The minimum absolute atomic E-state index is 0.0158. The lowest BCUT2D eigenvalue weighted by atomic mass is 10.1. The van der Waals surface area contributed by atoms with Gasteiger partial charge in [0.25, 0.3) is 5.91 Å². The van der Waals surface area contributed by atoms with Crippen LogP contribution in [0.15, 0.2) is 29.4 Å². The fraction of sp³-hybridized carbons (Fsp3) is 0.522. The van der Waals surface area contributed by atoms with Crippen LogP contribution in [-0.4, -0.2) is 82.9 Å². The highest BCUT2D eigenvalue weighted by Gasteiger charge is 2.44. The predicted octanol–water partition coefficient (Wildman–Crippen LogP) is 0.939. The summed E-state index contributed by atoms with van der Waals surface area (Å²) in [5, 5.41) is 8.93. The van der Waals surface area contributed by atoms with Crippen molar-refractivity contribution < 1.29 is 28.7 Å². The first-order valence-electron chi connectivity index (χ1n) is 11.7. The molecule has 0 saturated carbocycles. The molecule has 198 valence electrons. The standard InChI is InChI=1S/C23H30N8O6/c1-23(2,3)37-22(36)31-11-15(26-19(33)13-4-6-14(7-5-13)28-29-25)10-17(31)20(34)27-16-8-9-30(21(16)35)12-18(24)32/h4-7,15-17H,8-12H2,1-3H3,(H2,24,32)(H,26,33)(H,27,34)/t15-,16+,17-/m0/s1. The second-order valence-corrected chi connectivity index (χ2v) is 9.87. The van der Waals surface area contributed by atoms with Crippen LogP contribution in [0.4, 0.5) is 10.5 Å². The van der Waals surface area contributed by atoms with E-state index in [1.54, 1.807) is 20.8 Å². The van der Waals surface area contributed by atoms with Gasteiger partial charge in [-0.05, 0) is 51.3 Å². The first-order chi connectivity index (χ1) is 17.4. The Morgan fingerprint density at radius 3 is 2.46 bits per heavy atom. The molecule has 14 nitrogen and oxygen atoms in total. The summed E-state index contributed by atoms with van der Waals surface area (Å²) in [6.45, 7) is 5.13. The fourth-order valence-electron chi connectivity index (χ4n) is 4.20. The van der Waals surface area contributed by atoms with Crippen LogP contribution in [0, 0.1) is 0 Å². The third-order valence-corrected chi connectivity index (χ3v) is 5.82. The SMILES string of the molecule is CC(C)(C)OC(=O)N1C[C@@H](NC(=O)c2ccc(N=[N+]=[N-])cc2)C[C@H]1C(=O)N[C@@H]1CCN(CC(N)=O)C1=O. The second kappa shape index (κ2) is 11.2. The van der Waals surface area contributed by atoms with Crippen molar-refractivity contribution >= 4 is 35.4 Å². The van der Waals surface area contributed by atoms with Crippen molar-refractivity contribution in [2.24, 2.45) is 10.8 Å². The lowest BCUT2D eigenvalue weighted by Gasteiger charge is -2.28. The number of carbonyl (C=O) groups excluding carboxylic acids is 5. The highest BCUT2D eigenvalue weighted by atomic mass is 16.6. The molecule has 2 aliphatic rings. The Labute approximate surface area is 213 Å². The molecule has 3 atom stereocenters. The number of nitrogens with two attached hydrogens (primary N) is 1. The van der Waals surface area contributed by atoms with Crippen molar-refractivity contribution in [3.63, 3.8) is 0 Å². The molecule has 1 aromatic carbocycles. The Morgan fingerprint density at radius 1 is 1.19 bits per heavy atom. The lowest BCUT2D eigenvalue weighted by molar-refractivity contribution is -0.135. The van der Waals surface area contributed by atoms with Gasteiger partial charge in [0.2, 0.25) is 17.7 Å². The number of nitrogens with zero attached hydrogens (tertiary/aromatic N) is 5. The van der Waals surface area contributed by atoms with Crippen LogP contribution in [0.5, 0.6) is 0 Å². The number of benzene rings is 1. The first-order valence-corrected chi connectivity index (χ1v) is 11.7. The zero-order valence-corrected chi connectivity index (χ0v) is 20.8. The smallest absolute Gasteiger partial charge is 0.411 e. The number of azide groups is 1. The molecule has 0 bridgehead atoms. The van der Waals surface area contributed by atoms with Crippen LogP contribution in [0.1, 0.15) is 44.0 Å². The summed E-state index contributed by atoms with van der Waals surface area (Å²) in [6, 6.07) is 3.56. The zero-order chi connectivity index (χ0) is 27.3. The maximum atomic E-state index is 13.2. The highest BCUT2D eigenvalue weighted by molar-refractivity contribution is 5.96. The second-order valence-electron chi connectivity index (χ2n) is 9.87. The molecule has 2 aliphatic heterocycles. The van der Waals surface area contributed by atoms with Crippen LogP contribution in [0.3, 0.4) is 0 Å². The molecular formula is C23H30N8O6. The van der Waals surface area contributed by atoms with Gasteiger partial charge in [-0.3, -0.25) is 24.1 Å². The average molecular weight is 515 g/mol. The monoisotopic (exact) mass is 514 g/mol.